The van der Waals surface area contributed by atoms with Crippen molar-refractivity contribution in [3.63, 3.8) is 0 Å². The predicted molar refractivity (Wildman–Crippen MR) is 106 cm³/mol. The summed E-state index contributed by atoms with van der Waals surface area (Å²) in [7, 11) is 2.96. The fourth-order valence-corrected chi connectivity index (χ4v) is 3.66. The Morgan fingerprint density at radius 1 is 1.10 bits per heavy atom. The summed E-state index contributed by atoms with van der Waals surface area (Å²) in [6.07, 6.45) is 4.71. The van der Waals surface area contributed by atoms with Crippen molar-refractivity contribution in [2.75, 3.05) is 26.1 Å². The lowest BCUT2D eigenvalue weighted by Gasteiger charge is -2.21. The van der Waals surface area contributed by atoms with Crippen LogP contribution in [0.2, 0.25) is 0 Å². The topological polar surface area (TPSA) is 111 Å². The number of methoxy groups -OCH3 is 2. The molecule has 1 aliphatic carbocycles. The molecule has 3 rings (SSSR count). The van der Waals surface area contributed by atoms with Crippen molar-refractivity contribution in [3.05, 3.63) is 30.4 Å². The molecular weight excluding hydrogens is 392 g/mol. The zero-order valence-electron chi connectivity index (χ0n) is 17.0. The van der Waals surface area contributed by atoms with E-state index in [1.165, 1.54) is 21.1 Å². The third-order valence-corrected chi connectivity index (χ3v) is 5.30. The number of rotatable bonds is 7. The summed E-state index contributed by atoms with van der Waals surface area (Å²) < 4.78 is 15.3. The third-order valence-electron chi connectivity index (χ3n) is 5.30. The second kappa shape index (κ2) is 8.98. The van der Waals surface area contributed by atoms with E-state index in [4.69, 9.17) is 14.2 Å². The molecule has 0 aromatic heterocycles. The zero-order chi connectivity index (χ0) is 21.8. The molecule has 1 heterocycles. The molecule has 0 spiro atoms. The maximum absolute atomic E-state index is 12.6. The maximum Gasteiger partial charge on any atom is 0.329 e. The molecule has 0 radical (unpaired) electrons. The van der Waals surface area contributed by atoms with Gasteiger partial charge in [-0.25, -0.2) is 4.79 Å². The summed E-state index contributed by atoms with van der Waals surface area (Å²) in [4.78, 5) is 50.7. The van der Waals surface area contributed by atoms with Gasteiger partial charge >= 0.3 is 5.97 Å². The molecule has 3 amide bonds. The van der Waals surface area contributed by atoms with E-state index >= 15 is 0 Å². The summed E-state index contributed by atoms with van der Waals surface area (Å²) >= 11 is 0. The molecule has 30 heavy (non-hydrogen) atoms. The normalized spacial score (nSPS) is 21.1. The standard InChI is InChI=1S/C21H24N2O7/c1-12(23-19(25)14-6-4-5-7-15(14)20(23)26)21(27)30-11-18(24)22-16-9-8-13(28-2)10-17(16)29-3/h4-5,8-10,12,14-15H,6-7,11H2,1-3H3,(H,22,24)/t12-,14-,15-/m0/s1. The summed E-state index contributed by atoms with van der Waals surface area (Å²) in [5.74, 6) is -2.06. The van der Waals surface area contributed by atoms with Crippen LogP contribution in [0.3, 0.4) is 0 Å². The number of likely N-dealkylation sites (tertiary alicyclic amines) is 1. The van der Waals surface area contributed by atoms with Crippen molar-refractivity contribution in [3.8, 4) is 11.5 Å². The zero-order valence-corrected chi connectivity index (χ0v) is 17.0. The number of carbonyl (C=O) groups excluding carboxylic acids is 4. The van der Waals surface area contributed by atoms with Gasteiger partial charge in [0.25, 0.3) is 5.91 Å². The van der Waals surface area contributed by atoms with Crippen molar-refractivity contribution in [1.82, 2.24) is 4.90 Å². The molecule has 0 bridgehead atoms. The Morgan fingerprint density at radius 2 is 1.73 bits per heavy atom. The number of imide groups is 1. The highest BCUT2D eigenvalue weighted by molar-refractivity contribution is 6.08. The highest BCUT2D eigenvalue weighted by atomic mass is 16.5. The van der Waals surface area contributed by atoms with Gasteiger partial charge in [-0.05, 0) is 31.9 Å². The maximum atomic E-state index is 12.6. The highest BCUT2D eigenvalue weighted by Crippen LogP contribution is 2.36. The Labute approximate surface area is 174 Å². The van der Waals surface area contributed by atoms with Crippen LogP contribution in [-0.2, 0) is 23.9 Å². The number of carbonyl (C=O) groups is 4. The first-order valence-corrected chi connectivity index (χ1v) is 9.57. The van der Waals surface area contributed by atoms with Crippen molar-refractivity contribution in [2.24, 2.45) is 11.8 Å². The molecule has 3 atom stereocenters. The largest absolute Gasteiger partial charge is 0.497 e. The SMILES string of the molecule is COc1ccc(NC(=O)COC(=O)[C@H](C)N2C(=O)[C@H]3CC=CC[C@@H]3C2=O)c(OC)c1. The molecule has 1 aromatic rings. The lowest BCUT2D eigenvalue weighted by Crippen LogP contribution is -2.45. The molecule has 1 aliphatic heterocycles. The van der Waals surface area contributed by atoms with Crippen molar-refractivity contribution in [2.45, 2.75) is 25.8 Å². The number of nitrogens with one attached hydrogen (secondary N) is 1. The number of amides is 3. The van der Waals surface area contributed by atoms with Crippen LogP contribution in [0, 0.1) is 11.8 Å². The van der Waals surface area contributed by atoms with E-state index in [1.54, 1.807) is 18.2 Å². The van der Waals surface area contributed by atoms with Crippen molar-refractivity contribution >= 4 is 29.4 Å². The van der Waals surface area contributed by atoms with Gasteiger partial charge in [0.05, 0.1) is 31.7 Å². The van der Waals surface area contributed by atoms with E-state index in [2.05, 4.69) is 5.32 Å². The van der Waals surface area contributed by atoms with Crippen molar-refractivity contribution < 1.29 is 33.4 Å². The minimum Gasteiger partial charge on any atom is -0.497 e. The Bertz CT molecular complexity index is 869. The quantitative estimate of drug-likeness (QED) is 0.408. The number of anilines is 1. The molecule has 0 saturated carbocycles. The van der Waals surface area contributed by atoms with Crippen LogP contribution in [0.1, 0.15) is 19.8 Å². The number of benzene rings is 1. The number of esters is 1. The van der Waals surface area contributed by atoms with Crippen LogP contribution < -0.4 is 14.8 Å². The summed E-state index contributed by atoms with van der Waals surface area (Å²) in [6.45, 7) is 0.857. The van der Waals surface area contributed by atoms with Crippen LogP contribution in [0.15, 0.2) is 30.4 Å². The first-order valence-electron chi connectivity index (χ1n) is 9.57. The molecule has 0 unspecified atom stereocenters. The summed E-state index contributed by atoms with van der Waals surface area (Å²) in [5.41, 5.74) is 0.383. The number of hydrogen-bond acceptors (Lipinski definition) is 7. The second-order valence-corrected chi connectivity index (χ2v) is 7.10. The minimum absolute atomic E-state index is 0.369. The Morgan fingerprint density at radius 3 is 2.30 bits per heavy atom. The van der Waals surface area contributed by atoms with Crippen LogP contribution in [0.4, 0.5) is 5.69 Å². The van der Waals surface area contributed by atoms with E-state index in [0.717, 1.165) is 4.90 Å². The van der Waals surface area contributed by atoms with Gasteiger partial charge in [-0.1, -0.05) is 12.2 Å². The van der Waals surface area contributed by atoms with Gasteiger partial charge in [0.1, 0.15) is 17.5 Å². The number of fused-ring (bicyclic) bond motifs is 1. The van der Waals surface area contributed by atoms with E-state index in [1.807, 2.05) is 12.2 Å². The van der Waals surface area contributed by atoms with E-state index < -0.39 is 36.4 Å². The highest BCUT2D eigenvalue weighted by Gasteiger charge is 2.50. The molecule has 1 fully saturated rings. The molecule has 1 aromatic carbocycles. The van der Waals surface area contributed by atoms with Crippen LogP contribution in [0.25, 0.3) is 0 Å². The Hall–Kier alpha value is -3.36. The molecule has 1 N–H and O–H groups in total. The van der Waals surface area contributed by atoms with Crippen molar-refractivity contribution in [1.29, 1.82) is 0 Å². The lowest BCUT2D eigenvalue weighted by atomic mass is 9.85. The fraction of sp³-hybridized carbons (Fsp3) is 0.429. The Balaban J connectivity index is 1.57. The van der Waals surface area contributed by atoms with E-state index in [-0.39, 0.29) is 11.8 Å². The second-order valence-electron chi connectivity index (χ2n) is 7.10. The van der Waals surface area contributed by atoms with Gasteiger partial charge in [0, 0.05) is 6.07 Å². The van der Waals surface area contributed by atoms with Crippen LogP contribution in [-0.4, -0.2) is 55.5 Å². The van der Waals surface area contributed by atoms with Gasteiger partial charge in [-0.3, -0.25) is 19.3 Å². The van der Waals surface area contributed by atoms with Gasteiger partial charge in [0.2, 0.25) is 11.8 Å². The first kappa shape index (κ1) is 21.4. The average molecular weight is 416 g/mol. The molecule has 9 nitrogen and oxygen atoms in total. The number of allylic oxidation sites excluding steroid dienone is 2. The van der Waals surface area contributed by atoms with Crippen LogP contribution >= 0.6 is 0 Å². The van der Waals surface area contributed by atoms with Gasteiger partial charge < -0.3 is 19.5 Å². The predicted octanol–water partition coefficient (Wildman–Crippen LogP) is 1.53. The van der Waals surface area contributed by atoms with E-state index in [0.29, 0.717) is 30.0 Å². The van der Waals surface area contributed by atoms with Gasteiger partial charge in [-0.15, -0.1) is 0 Å². The average Bonchev–Trinajstić information content (AvgIpc) is 3.02. The fourth-order valence-electron chi connectivity index (χ4n) is 3.66. The summed E-state index contributed by atoms with van der Waals surface area (Å²) in [5, 5.41) is 2.58. The molecule has 1 saturated heterocycles. The monoisotopic (exact) mass is 416 g/mol. The molecule has 160 valence electrons. The van der Waals surface area contributed by atoms with Gasteiger partial charge in [0.15, 0.2) is 6.61 Å². The Kier molecular flexibility index (Phi) is 6.39. The molecule has 2 aliphatic rings. The first-order chi connectivity index (χ1) is 14.4. The van der Waals surface area contributed by atoms with Gasteiger partial charge in [-0.2, -0.15) is 0 Å². The lowest BCUT2D eigenvalue weighted by molar-refractivity contribution is -0.159. The van der Waals surface area contributed by atoms with E-state index in [9.17, 15) is 19.2 Å². The van der Waals surface area contributed by atoms with Crippen LogP contribution in [0.5, 0.6) is 11.5 Å². The molecular formula is C21H24N2O7. The summed E-state index contributed by atoms with van der Waals surface area (Å²) in [6, 6.07) is 3.74. The minimum atomic E-state index is -1.10. The number of hydrogen-bond donors (Lipinski definition) is 1. The molecule has 9 heteroatoms. The smallest absolute Gasteiger partial charge is 0.329 e. The third kappa shape index (κ3) is 4.14. The number of ether oxygens (including phenoxy) is 3. The number of nitrogens with zero attached hydrogens (tertiary/aromatic N) is 1.